The summed E-state index contributed by atoms with van der Waals surface area (Å²) in [6.45, 7) is 0.579. The van der Waals surface area contributed by atoms with Gasteiger partial charge < -0.3 is 10.6 Å². The van der Waals surface area contributed by atoms with Crippen LogP contribution in [0.15, 0.2) is 0 Å². The minimum Gasteiger partial charge on any atom is -0.338 e. The lowest BCUT2D eigenvalue weighted by molar-refractivity contribution is 0.0774. The van der Waals surface area contributed by atoms with Gasteiger partial charge in [-0.3, -0.25) is 4.79 Å². The second-order valence-corrected chi connectivity index (χ2v) is 4.59. The van der Waals surface area contributed by atoms with E-state index in [2.05, 4.69) is 0 Å². The van der Waals surface area contributed by atoms with Gasteiger partial charge in [-0.2, -0.15) is 0 Å². The van der Waals surface area contributed by atoms with Gasteiger partial charge in [0.1, 0.15) is 5.56 Å². The molecule has 1 aliphatic rings. The van der Waals surface area contributed by atoms with Crippen LogP contribution >= 0.6 is 0 Å². The molecular weight excluding hydrogens is 283 g/mol. The van der Waals surface area contributed by atoms with Gasteiger partial charge >= 0.3 is 0 Å². The maximum Gasteiger partial charge on any atom is 0.260 e. The summed E-state index contributed by atoms with van der Waals surface area (Å²) in [7, 11) is 0. The molecule has 1 atom stereocenters. The summed E-state index contributed by atoms with van der Waals surface area (Å²) in [4.78, 5) is 13.0. The Bertz CT molecular complexity index is 534. The zero-order chi connectivity index (χ0) is 15.0. The van der Waals surface area contributed by atoms with Crippen molar-refractivity contribution in [3.63, 3.8) is 0 Å². The highest BCUT2D eigenvalue weighted by molar-refractivity contribution is 5.95. The summed E-state index contributed by atoms with van der Waals surface area (Å²) in [6.07, 6.45) is 0.525. The number of carbonyl (C=O) groups is 1. The van der Waals surface area contributed by atoms with Crippen molar-refractivity contribution in [1.29, 1.82) is 0 Å². The summed E-state index contributed by atoms with van der Waals surface area (Å²) >= 11 is 0. The average Bonchev–Trinajstić information content (AvgIpc) is 2.92. The van der Waals surface area contributed by atoms with E-state index in [1.165, 1.54) is 0 Å². The number of hydrogen-bond acceptors (Lipinski definition) is 2. The van der Waals surface area contributed by atoms with E-state index >= 15 is 0 Å². The van der Waals surface area contributed by atoms with Crippen LogP contribution < -0.4 is 5.73 Å². The molecule has 2 N–H and O–H groups in total. The highest BCUT2D eigenvalue weighted by atomic mass is 19.2. The summed E-state index contributed by atoms with van der Waals surface area (Å²) in [5, 5.41) is 0. The molecule has 0 aromatic heterocycles. The number of carbonyl (C=O) groups excluding carboxylic acids is 1. The first-order chi connectivity index (χ1) is 9.38. The van der Waals surface area contributed by atoms with Gasteiger partial charge in [-0.1, -0.05) is 0 Å². The Hall–Kier alpha value is -1.70. The predicted octanol–water partition coefficient (Wildman–Crippen LogP) is 1.80. The smallest absolute Gasteiger partial charge is 0.260 e. The molecule has 0 radical (unpaired) electrons. The van der Waals surface area contributed by atoms with Crippen LogP contribution in [0.3, 0.4) is 0 Å². The SMILES string of the molecule is NCC1CCN(C(=O)c2c(F)c(F)c(F)c(F)c2F)C1. The number of rotatable bonds is 2. The Morgan fingerprint density at radius 2 is 1.55 bits per heavy atom. The third-order valence-corrected chi connectivity index (χ3v) is 3.33. The van der Waals surface area contributed by atoms with E-state index in [1.807, 2.05) is 0 Å². The van der Waals surface area contributed by atoms with Crippen molar-refractivity contribution in [2.45, 2.75) is 6.42 Å². The monoisotopic (exact) mass is 294 g/mol. The van der Waals surface area contributed by atoms with Crippen molar-refractivity contribution >= 4 is 5.91 Å². The Morgan fingerprint density at radius 3 is 2.00 bits per heavy atom. The van der Waals surface area contributed by atoms with Crippen molar-refractivity contribution in [2.75, 3.05) is 19.6 Å². The Morgan fingerprint density at radius 1 is 1.05 bits per heavy atom. The molecule has 20 heavy (non-hydrogen) atoms. The minimum atomic E-state index is -2.28. The van der Waals surface area contributed by atoms with Crippen molar-refractivity contribution in [1.82, 2.24) is 4.90 Å². The lowest BCUT2D eigenvalue weighted by atomic mass is 10.1. The molecule has 2 rings (SSSR count). The van der Waals surface area contributed by atoms with Gasteiger partial charge in [0, 0.05) is 13.1 Å². The van der Waals surface area contributed by atoms with Gasteiger partial charge in [0.05, 0.1) is 0 Å². The van der Waals surface area contributed by atoms with E-state index in [9.17, 15) is 26.7 Å². The first-order valence-corrected chi connectivity index (χ1v) is 5.89. The van der Waals surface area contributed by atoms with Gasteiger partial charge in [0.2, 0.25) is 5.82 Å². The van der Waals surface area contributed by atoms with Crippen molar-refractivity contribution in [3.8, 4) is 0 Å². The molecule has 1 heterocycles. The lowest BCUT2D eigenvalue weighted by Gasteiger charge is -2.17. The molecule has 0 saturated carbocycles. The standard InChI is InChI=1S/C12H11F5N2O/c13-7-6(8(14)10(16)11(17)9(7)15)12(20)19-2-1-5(3-18)4-19/h5H,1-4,18H2. The third kappa shape index (κ3) is 2.24. The largest absolute Gasteiger partial charge is 0.338 e. The fourth-order valence-electron chi connectivity index (χ4n) is 2.16. The average molecular weight is 294 g/mol. The quantitative estimate of drug-likeness (QED) is 0.513. The van der Waals surface area contributed by atoms with Crippen LogP contribution in [0, 0.1) is 35.0 Å². The number of hydrogen-bond donors (Lipinski definition) is 1. The van der Waals surface area contributed by atoms with E-state index < -0.39 is 40.6 Å². The molecule has 1 aliphatic heterocycles. The van der Waals surface area contributed by atoms with Crippen molar-refractivity contribution in [3.05, 3.63) is 34.6 Å². The van der Waals surface area contributed by atoms with Crippen LogP contribution in [0.2, 0.25) is 0 Å². The second-order valence-electron chi connectivity index (χ2n) is 4.59. The number of halogens is 5. The van der Waals surface area contributed by atoms with Crippen LogP contribution in [0.25, 0.3) is 0 Å². The summed E-state index contributed by atoms with van der Waals surface area (Å²) in [5.74, 6) is -12.0. The van der Waals surface area contributed by atoms with Crippen LogP contribution in [0.5, 0.6) is 0 Å². The van der Waals surface area contributed by atoms with Gasteiger partial charge in [-0.05, 0) is 18.9 Å². The maximum absolute atomic E-state index is 13.5. The number of likely N-dealkylation sites (tertiary alicyclic amines) is 1. The highest BCUT2D eigenvalue weighted by Crippen LogP contribution is 2.26. The fourth-order valence-corrected chi connectivity index (χ4v) is 2.16. The van der Waals surface area contributed by atoms with E-state index in [-0.39, 0.29) is 25.6 Å². The van der Waals surface area contributed by atoms with Crippen LogP contribution in [-0.4, -0.2) is 30.4 Å². The van der Waals surface area contributed by atoms with Gasteiger partial charge in [0.25, 0.3) is 5.91 Å². The number of benzene rings is 1. The molecule has 1 aromatic carbocycles. The molecule has 1 amide bonds. The fraction of sp³-hybridized carbons (Fsp3) is 0.417. The molecule has 110 valence electrons. The van der Waals surface area contributed by atoms with E-state index in [4.69, 9.17) is 5.73 Å². The lowest BCUT2D eigenvalue weighted by Crippen LogP contribution is -2.32. The topological polar surface area (TPSA) is 46.3 Å². The second kappa shape index (κ2) is 5.35. The number of amides is 1. The first kappa shape index (κ1) is 14.7. The molecule has 1 unspecified atom stereocenters. The summed E-state index contributed by atoms with van der Waals surface area (Å²) in [6, 6.07) is 0. The van der Waals surface area contributed by atoms with Gasteiger partial charge in [0.15, 0.2) is 23.3 Å². The predicted molar refractivity (Wildman–Crippen MR) is 59.3 cm³/mol. The van der Waals surface area contributed by atoms with E-state index in [0.29, 0.717) is 6.42 Å². The first-order valence-electron chi connectivity index (χ1n) is 5.89. The van der Waals surface area contributed by atoms with Gasteiger partial charge in [-0.15, -0.1) is 0 Å². The van der Waals surface area contributed by atoms with E-state index in [0.717, 1.165) is 4.90 Å². The Balaban J connectivity index is 2.41. The van der Waals surface area contributed by atoms with E-state index in [1.54, 1.807) is 0 Å². The normalized spacial score (nSPS) is 18.7. The maximum atomic E-state index is 13.5. The summed E-state index contributed by atoms with van der Waals surface area (Å²) < 4.78 is 66.0. The number of nitrogens with two attached hydrogens (primary N) is 1. The Kier molecular flexibility index (Phi) is 3.94. The number of nitrogens with zero attached hydrogens (tertiary/aromatic N) is 1. The molecule has 1 fully saturated rings. The van der Waals surface area contributed by atoms with Gasteiger partial charge in [-0.25, -0.2) is 22.0 Å². The minimum absolute atomic E-state index is 0.0415. The molecule has 1 aromatic rings. The van der Waals surface area contributed by atoms with Crippen LogP contribution in [-0.2, 0) is 0 Å². The molecule has 1 saturated heterocycles. The molecule has 0 aliphatic carbocycles. The molecule has 3 nitrogen and oxygen atoms in total. The zero-order valence-electron chi connectivity index (χ0n) is 10.2. The summed E-state index contributed by atoms with van der Waals surface area (Å²) in [5.41, 5.74) is 3.99. The van der Waals surface area contributed by atoms with Crippen molar-refractivity contribution in [2.24, 2.45) is 11.7 Å². The zero-order valence-corrected chi connectivity index (χ0v) is 10.2. The molecule has 0 spiro atoms. The molecule has 0 bridgehead atoms. The highest BCUT2D eigenvalue weighted by Gasteiger charge is 2.34. The van der Waals surface area contributed by atoms with Crippen LogP contribution in [0.1, 0.15) is 16.8 Å². The van der Waals surface area contributed by atoms with Crippen molar-refractivity contribution < 1.29 is 26.7 Å². The van der Waals surface area contributed by atoms with Crippen LogP contribution in [0.4, 0.5) is 22.0 Å². The molecular formula is C12H11F5N2O. The Labute approximate surface area is 111 Å². The third-order valence-electron chi connectivity index (χ3n) is 3.33. The molecule has 8 heteroatoms.